The summed E-state index contributed by atoms with van der Waals surface area (Å²) in [5.41, 5.74) is 2.43. The highest BCUT2D eigenvalue weighted by molar-refractivity contribution is 7.91. The molecule has 1 atom stereocenters. The molecule has 0 bridgehead atoms. The Morgan fingerprint density at radius 3 is 2.15 bits per heavy atom. The second kappa shape index (κ2) is 8.34. The van der Waals surface area contributed by atoms with Crippen LogP contribution >= 0.6 is 11.3 Å². The number of para-hydroxylation sites is 1. The lowest BCUT2D eigenvalue weighted by atomic mass is 10.2. The first-order valence-electron chi connectivity index (χ1n) is 8.23. The molecular weight excluding hydrogens is 382 g/mol. The van der Waals surface area contributed by atoms with Gasteiger partial charge in [0.1, 0.15) is 4.21 Å². The zero-order valence-corrected chi connectivity index (χ0v) is 16.2. The topological polar surface area (TPSA) is 87.3 Å². The molecular formula is C19H19N3O3S2. The van der Waals surface area contributed by atoms with Crippen LogP contribution in [0, 0.1) is 0 Å². The Kier molecular flexibility index (Phi) is 5.90. The molecule has 0 saturated carbocycles. The maximum Gasteiger partial charge on any atom is 0.250 e. The Morgan fingerprint density at radius 2 is 1.52 bits per heavy atom. The van der Waals surface area contributed by atoms with Gasteiger partial charge >= 0.3 is 0 Å². The van der Waals surface area contributed by atoms with Crippen LogP contribution in [0.25, 0.3) is 0 Å². The minimum absolute atomic E-state index is 0.179. The molecule has 8 heteroatoms. The van der Waals surface area contributed by atoms with Crippen LogP contribution in [0.15, 0.2) is 76.3 Å². The van der Waals surface area contributed by atoms with Crippen LogP contribution in [-0.4, -0.2) is 20.4 Å². The first-order valence-corrected chi connectivity index (χ1v) is 10.6. The summed E-state index contributed by atoms with van der Waals surface area (Å²) in [6.07, 6.45) is 0. The lowest BCUT2D eigenvalue weighted by molar-refractivity contribution is -0.117. The van der Waals surface area contributed by atoms with E-state index in [0.717, 1.165) is 22.7 Å². The van der Waals surface area contributed by atoms with Gasteiger partial charge in [-0.3, -0.25) is 4.79 Å². The fraction of sp³-hybridized carbons (Fsp3) is 0.105. The number of hydrogen-bond acceptors (Lipinski definition) is 5. The summed E-state index contributed by atoms with van der Waals surface area (Å²) < 4.78 is 26.9. The Labute approximate surface area is 162 Å². The van der Waals surface area contributed by atoms with Gasteiger partial charge in [0.15, 0.2) is 0 Å². The summed E-state index contributed by atoms with van der Waals surface area (Å²) in [7, 11) is -3.70. The maximum absolute atomic E-state index is 12.3. The van der Waals surface area contributed by atoms with Crippen molar-refractivity contribution in [2.75, 3.05) is 10.6 Å². The second-order valence-electron chi connectivity index (χ2n) is 5.83. The lowest BCUT2D eigenvalue weighted by Gasteiger charge is -2.14. The van der Waals surface area contributed by atoms with Gasteiger partial charge in [0.25, 0.3) is 10.0 Å². The molecule has 0 saturated heterocycles. The first-order chi connectivity index (χ1) is 12.9. The minimum Gasteiger partial charge on any atom is -0.356 e. The third-order valence-corrected chi connectivity index (χ3v) is 6.64. The zero-order valence-electron chi connectivity index (χ0n) is 14.5. The molecule has 1 aromatic heterocycles. The van der Waals surface area contributed by atoms with Crippen molar-refractivity contribution in [3.05, 3.63) is 72.1 Å². The predicted molar refractivity (Wildman–Crippen MR) is 109 cm³/mol. The molecule has 0 aliphatic heterocycles. The molecule has 0 fully saturated rings. The number of benzene rings is 2. The van der Waals surface area contributed by atoms with Crippen LogP contribution in [-0.2, 0) is 14.8 Å². The van der Waals surface area contributed by atoms with Crippen molar-refractivity contribution in [1.82, 2.24) is 4.72 Å². The monoisotopic (exact) mass is 401 g/mol. The number of carbonyl (C=O) groups is 1. The predicted octanol–water partition coefficient (Wildman–Crippen LogP) is 3.80. The highest BCUT2D eigenvalue weighted by atomic mass is 32.2. The van der Waals surface area contributed by atoms with Crippen molar-refractivity contribution in [3.63, 3.8) is 0 Å². The molecule has 6 nitrogen and oxygen atoms in total. The normalized spacial score (nSPS) is 12.3. The molecule has 0 spiro atoms. The summed E-state index contributed by atoms with van der Waals surface area (Å²) in [5.74, 6) is -0.432. The Balaban J connectivity index is 1.59. The van der Waals surface area contributed by atoms with E-state index in [0.29, 0.717) is 5.69 Å². The van der Waals surface area contributed by atoms with Gasteiger partial charge in [-0.2, -0.15) is 4.72 Å². The van der Waals surface area contributed by atoms with E-state index in [4.69, 9.17) is 0 Å². The van der Waals surface area contributed by atoms with E-state index >= 15 is 0 Å². The molecule has 0 aliphatic carbocycles. The van der Waals surface area contributed by atoms with Crippen molar-refractivity contribution >= 4 is 44.3 Å². The van der Waals surface area contributed by atoms with Crippen molar-refractivity contribution in [3.8, 4) is 0 Å². The molecule has 1 amide bonds. The highest BCUT2D eigenvalue weighted by Crippen LogP contribution is 2.19. The summed E-state index contributed by atoms with van der Waals surface area (Å²) in [6, 6.07) is 19.2. The summed E-state index contributed by atoms with van der Waals surface area (Å²) in [5, 5.41) is 7.63. The molecule has 0 aliphatic rings. The Bertz CT molecular complexity index is 986. The minimum atomic E-state index is -3.70. The third kappa shape index (κ3) is 5.16. The number of carbonyl (C=O) groups excluding carboxylic acids is 1. The van der Waals surface area contributed by atoms with E-state index in [1.54, 1.807) is 23.6 Å². The highest BCUT2D eigenvalue weighted by Gasteiger charge is 2.22. The summed E-state index contributed by atoms with van der Waals surface area (Å²) in [4.78, 5) is 12.3. The van der Waals surface area contributed by atoms with E-state index in [-0.39, 0.29) is 4.21 Å². The zero-order chi connectivity index (χ0) is 19.3. The van der Waals surface area contributed by atoms with E-state index < -0.39 is 22.0 Å². The van der Waals surface area contributed by atoms with Gasteiger partial charge in [0.05, 0.1) is 6.04 Å². The fourth-order valence-electron chi connectivity index (χ4n) is 2.34. The molecule has 1 heterocycles. The Hall–Kier alpha value is -2.68. The number of anilines is 3. The first kappa shape index (κ1) is 19.1. The quantitative estimate of drug-likeness (QED) is 0.562. The van der Waals surface area contributed by atoms with Crippen molar-refractivity contribution in [2.45, 2.75) is 17.2 Å². The van der Waals surface area contributed by atoms with Gasteiger partial charge in [-0.05, 0) is 54.8 Å². The number of amides is 1. The number of rotatable bonds is 7. The van der Waals surface area contributed by atoms with Crippen LogP contribution < -0.4 is 15.4 Å². The third-order valence-electron chi connectivity index (χ3n) is 3.70. The number of sulfonamides is 1. The average molecular weight is 402 g/mol. The van der Waals surface area contributed by atoms with E-state index in [9.17, 15) is 13.2 Å². The van der Waals surface area contributed by atoms with E-state index in [1.165, 1.54) is 13.0 Å². The number of hydrogen-bond donors (Lipinski definition) is 3. The van der Waals surface area contributed by atoms with Crippen LogP contribution in [0.1, 0.15) is 6.92 Å². The van der Waals surface area contributed by atoms with Gasteiger partial charge in [-0.1, -0.05) is 24.3 Å². The molecule has 2 aromatic carbocycles. The van der Waals surface area contributed by atoms with Crippen molar-refractivity contribution < 1.29 is 13.2 Å². The largest absolute Gasteiger partial charge is 0.356 e. The fourth-order valence-corrected chi connectivity index (χ4v) is 4.55. The van der Waals surface area contributed by atoms with E-state index in [2.05, 4.69) is 15.4 Å². The van der Waals surface area contributed by atoms with Crippen LogP contribution in [0.4, 0.5) is 17.1 Å². The number of nitrogens with one attached hydrogen (secondary N) is 3. The molecule has 3 rings (SSSR count). The standard InChI is InChI=1S/C19H19N3O3S2/c1-14(22-27(24,25)18-8-5-13-26-18)19(23)21-17-11-9-16(10-12-17)20-15-6-3-2-4-7-15/h2-14,20,22H,1H3,(H,21,23). The molecule has 3 aromatic rings. The van der Waals surface area contributed by atoms with Gasteiger partial charge in [0, 0.05) is 17.1 Å². The van der Waals surface area contributed by atoms with Crippen molar-refractivity contribution in [2.24, 2.45) is 0 Å². The maximum atomic E-state index is 12.3. The molecule has 1 unspecified atom stereocenters. The van der Waals surface area contributed by atoms with Crippen LogP contribution in [0.3, 0.4) is 0 Å². The van der Waals surface area contributed by atoms with Gasteiger partial charge in [0.2, 0.25) is 5.91 Å². The lowest BCUT2D eigenvalue weighted by Crippen LogP contribution is -2.41. The average Bonchev–Trinajstić information content (AvgIpc) is 3.19. The van der Waals surface area contributed by atoms with Gasteiger partial charge in [-0.25, -0.2) is 8.42 Å². The number of thiophene rings is 1. The molecule has 0 radical (unpaired) electrons. The molecule has 3 N–H and O–H groups in total. The van der Waals surface area contributed by atoms with Gasteiger partial charge < -0.3 is 10.6 Å². The SMILES string of the molecule is CC(NS(=O)(=O)c1cccs1)C(=O)Nc1ccc(Nc2ccccc2)cc1. The van der Waals surface area contributed by atoms with Crippen LogP contribution in [0.5, 0.6) is 0 Å². The molecule has 140 valence electrons. The Morgan fingerprint density at radius 1 is 0.889 bits per heavy atom. The van der Waals surface area contributed by atoms with Crippen molar-refractivity contribution in [1.29, 1.82) is 0 Å². The van der Waals surface area contributed by atoms with Crippen LogP contribution in [0.2, 0.25) is 0 Å². The smallest absolute Gasteiger partial charge is 0.250 e. The molecule has 27 heavy (non-hydrogen) atoms. The summed E-state index contributed by atoms with van der Waals surface area (Å²) in [6.45, 7) is 1.51. The van der Waals surface area contributed by atoms with E-state index in [1.807, 2.05) is 42.5 Å². The second-order valence-corrected chi connectivity index (χ2v) is 8.72. The van der Waals surface area contributed by atoms with Gasteiger partial charge in [-0.15, -0.1) is 11.3 Å². The summed E-state index contributed by atoms with van der Waals surface area (Å²) >= 11 is 1.10.